The van der Waals surface area contributed by atoms with E-state index >= 15 is 0 Å². The average molecular weight is 164 g/mol. The van der Waals surface area contributed by atoms with E-state index in [1.54, 1.807) is 0 Å². The summed E-state index contributed by atoms with van der Waals surface area (Å²) in [4.78, 5) is 0. The highest BCUT2D eigenvalue weighted by molar-refractivity contribution is 5.25. The molecule has 1 aliphatic carbocycles. The number of halogens is 3. The Morgan fingerprint density at radius 2 is 2.00 bits per heavy atom. The van der Waals surface area contributed by atoms with Gasteiger partial charge in [-0.3, -0.25) is 0 Å². The zero-order valence-corrected chi connectivity index (χ0v) is 5.65. The molecular weight excluding hydrogens is 157 g/mol. The van der Waals surface area contributed by atoms with Gasteiger partial charge in [-0.15, -0.1) is 0 Å². The summed E-state index contributed by atoms with van der Waals surface area (Å²) in [5.41, 5.74) is -0.655. The second-order valence-electron chi connectivity index (χ2n) is 2.33. The fourth-order valence-electron chi connectivity index (χ4n) is 0.909. The Labute approximate surface area is 61.8 Å². The molecule has 0 amide bonds. The summed E-state index contributed by atoms with van der Waals surface area (Å²) < 4.78 is 35.7. The molecule has 1 nitrogen and oxygen atoms in total. The summed E-state index contributed by atoms with van der Waals surface area (Å²) in [5, 5.41) is 8.73. The van der Waals surface area contributed by atoms with Gasteiger partial charge in [0.2, 0.25) is 0 Å². The van der Waals surface area contributed by atoms with E-state index in [4.69, 9.17) is 5.11 Å². The number of hydrogen-bond acceptors (Lipinski definition) is 1. The molecule has 0 atom stereocenters. The fraction of sp³-hybridized carbons (Fsp3) is 0.429. The van der Waals surface area contributed by atoms with Crippen LogP contribution in [0.25, 0.3) is 0 Å². The van der Waals surface area contributed by atoms with Crippen LogP contribution in [0.15, 0.2) is 23.5 Å². The molecule has 0 radical (unpaired) electrons. The predicted octanol–water partition coefficient (Wildman–Crippen LogP) is 2.71. The summed E-state index contributed by atoms with van der Waals surface area (Å²) in [6.45, 7) is 0. The molecule has 0 aromatic rings. The van der Waals surface area contributed by atoms with E-state index in [9.17, 15) is 13.2 Å². The number of hydrogen-bond donors (Lipinski definition) is 1. The third-order valence-electron chi connectivity index (χ3n) is 1.45. The number of rotatable bonds is 0. The molecule has 0 heterocycles. The second-order valence-corrected chi connectivity index (χ2v) is 2.33. The number of alkyl halides is 3. The summed E-state index contributed by atoms with van der Waals surface area (Å²) in [7, 11) is 0. The maximum Gasteiger partial charge on any atom is 0.412 e. The lowest BCUT2D eigenvalue weighted by atomic mass is 10.0. The molecule has 0 aromatic heterocycles. The van der Waals surface area contributed by atoms with Gasteiger partial charge in [-0.2, -0.15) is 13.2 Å². The van der Waals surface area contributed by atoms with Crippen molar-refractivity contribution in [2.45, 2.75) is 19.0 Å². The second kappa shape index (κ2) is 2.60. The van der Waals surface area contributed by atoms with Crippen LogP contribution >= 0.6 is 0 Å². The quantitative estimate of drug-likeness (QED) is 0.583. The van der Waals surface area contributed by atoms with Gasteiger partial charge in [0.15, 0.2) is 0 Å². The minimum Gasteiger partial charge on any atom is -0.508 e. The van der Waals surface area contributed by atoms with Crippen molar-refractivity contribution >= 4 is 0 Å². The summed E-state index contributed by atoms with van der Waals surface area (Å²) in [6, 6.07) is 0. The molecule has 0 aliphatic heterocycles. The maximum atomic E-state index is 11.9. The normalized spacial score (nSPS) is 19.2. The van der Waals surface area contributed by atoms with Crippen molar-refractivity contribution in [3.05, 3.63) is 23.5 Å². The largest absolute Gasteiger partial charge is 0.508 e. The summed E-state index contributed by atoms with van der Waals surface area (Å²) in [6.07, 6.45) is -1.92. The van der Waals surface area contributed by atoms with Gasteiger partial charge in [0.05, 0.1) is 0 Å². The van der Waals surface area contributed by atoms with Gasteiger partial charge in [0, 0.05) is 5.57 Å². The van der Waals surface area contributed by atoms with Crippen molar-refractivity contribution in [2.75, 3.05) is 0 Å². The molecule has 0 saturated carbocycles. The molecule has 0 fully saturated rings. The average Bonchev–Trinajstić information content (AvgIpc) is 1.86. The lowest BCUT2D eigenvalue weighted by Gasteiger charge is -2.13. The van der Waals surface area contributed by atoms with Crippen LogP contribution in [-0.2, 0) is 0 Å². The molecule has 0 spiro atoms. The van der Waals surface area contributed by atoms with Gasteiger partial charge < -0.3 is 5.11 Å². The van der Waals surface area contributed by atoms with Crippen LogP contribution in [0, 0.1) is 0 Å². The van der Waals surface area contributed by atoms with E-state index in [1.165, 1.54) is 6.08 Å². The molecule has 1 aliphatic rings. The predicted molar refractivity (Wildman–Crippen MR) is 34.1 cm³/mol. The highest BCUT2D eigenvalue weighted by Gasteiger charge is 2.33. The van der Waals surface area contributed by atoms with Crippen molar-refractivity contribution < 1.29 is 18.3 Å². The standard InChI is InChI=1S/C7H7F3O/c8-7(9,10)5-2-1-3-6(11)4-5/h3-4,11H,1-2H2. The van der Waals surface area contributed by atoms with E-state index in [-0.39, 0.29) is 18.6 Å². The molecule has 62 valence electrons. The van der Waals surface area contributed by atoms with Crippen molar-refractivity contribution in [2.24, 2.45) is 0 Å². The van der Waals surface area contributed by atoms with Gasteiger partial charge in [-0.05, 0) is 25.0 Å². The zero-order valence-electron chi connectivity index (χ0n) is 5.65. The van der Waals surface area contributed by atoms with E-state index in [0.29, 0.717) is 0 Å². The molecule has 0 bridgehead atoms. The van der Waals surface area contributed by atoms with Crippen molar-refractivity contribution in [3.8, 4) is 0 Å². The third-order valence-corrected chi connectivity index (χ3v) is 1.45. The molecule has 0 saturated heterocycles. The first-order chi connectivity index (χ1) is 5.00. The number of allylic oxidation sites excluding steroid dienone is 3. The van der Waals surface area contributed by atoms with E-state index in [1.807, 2.05) is 0 Å². The van der Waals surface area contributed by atoms with Crippen LogP contribution in [0.5, 0.6) is 0 Å². The molecule has 0 aromatic carbocycles. The van der Waals surface area contributed by atoms with Gasteiger partial charge in [-0.1, -0.05) is 0 Å². The van der Waals surface area contributed by atoms with Gasteiger partial charge in [0.25, 0.3) is 0 Å². The fourth-order valence-corrected chi connectivity index (χ4v) is 0.909. The Balaban J connectivity index is 2.82. The van der Waals surface area contributed by atoms with Crippen LogP contribution in [0.1, 0.15) is 12.8 Å². The minimum atomic E-state index is -4.29. The first-order valence-corrected chi connectivity index (χ1v) is 3.17. The first kappa shape index (κ1) is 8.17. The summed E-state index contributed by atoms with van der Waals surface area (Å²) in [5.74, 6) is -0.288. The van der Waals surface area contributed by atoms with Gasteiger partial charge in [0.1, 0.15) is 5.76 Å². The highest BCUT2D eigenvalue weighted by atomic mass is 19.4. The van der Waals surface area contributed by atoms with Crippen LogP contribution in [0.4, 0.5) is 13.2 Å². The highest BCUT2D eigenvalue weighted by Crippen LogP contribution is 2.31. The molecule has 4 heteroatoms. The molecular formula is C7H7F3O. The smallest absolute Gasteiger partial charge is 0.412 e. The molecule has 1 rings (SSSR count). The minimum absolute atomic E-state index is 0.0342. The Hall–Kier alpha value is -0.930. The van der Waals surface area contributed by atoms with E-state index in [0.717, 1.165) is 6.08 Å². The molecule has 11 heavy (non-hydrogen) atoms. The van der Waals surface area contributed by atoms with E-state index < -0.39 is 11.7 Å². The van der Waals surface area contributed by atoms with Crippen molar-refractivity contribution in [1.82, 2.24) is 0 Å². The monoisotopic (exact) mass is 164 g/mol. The van der Waals surface area contributed by atoms with E-state index in [2.05, 4.69) is 0 Å². The Bertz CT molecular complexity index is 212. The van der Waals surface area contributed by atoms with Crippen LogP contribution in [-0.4, -0.2) is 11.3 Å². The SMILES string of the molecule is OC1=CCCC(C(F)(F)F)=C1. The lowest BCUT2D eigenvalue weighted by molar-refractivity contribution is -0.0943. The van der Waals surface area contributed by atoms with Crippen LogP contribution < -0.4 is 0 Å². The van der Waals surface area contributed by atoms with Gasteiger partial charge in [-0.25, -0.2) is 0 Å². The lowest BCUT2D eigenvalue weighted by Crippen LogP contribution is -2.13. The van der Waals surface area contributed by atoms with Crippen molar-refractivity contribution in [1.29, 1.82) is 0 Å². The first-order valence-electron chi connectivity index (χ1n) is 3.17. The van der Waals surface area contributed by atoms with Crippen molar-refractivity contribution in [3.63, 3.8) is 0 Å². The number of aliphatic hydroxyl groups is 1. The number of aliphatic hydroxyl groups excluding tert-OH is 1. The van der Waals surface area contributed by atoms with Gasteiger partial charge >= 0.3 is 6.18 Å². The maximum absolute atomic E-state index is 11.9. The molecule has 1 N–H and O–H groups in total. The summed E-state index contributed by atoms with van der Waals surface area (Å²) >= 11 is 0. The van der Waals surface area contributed by atoms with Crippen LogP contribution in [0.3, 0.4) is 0 Å². The Morgan fingerprint density at radius 3 is 2.36 bits per heavy atom. The Morgan fingerprint density at radius 1 is 1.36 bits per heavy atom. The Kier molecular flexibility index (Phi) is 1.93. The molecule has 0 unspecified atom stereocenters. The van der Waals surface area contributed by atoms with Crippen LogP contribution in [0.2, 0.25) is 0 Å². The topological polar surface area (TPSA) is 20.2 Å². The third kappa shape index (κ3) is 2.00. The zero-order chi connectivity index (χ0) is 8.48.